The van der Waals surface area contributed by atoms with Crippen LogP contribution in [0.1, 0.15) is 0 Å². The van der Waals surface area contributed by atoms with Crippen LogP contribution in [0, 0.1) is 23.3 Å². The van der Waals surface area contributed by atoms with E-state index in [1.165, 1.54) is 18.2 Å². The maximum atomic E-state index is 12.5. The van der Waals surface area contributed by atoms with Crippen molar-refractivity contribution in [3.05, 3.63) is 59.7 Å². The Kier molecular flexibility index (Phi) is 6.37. The first-order valence-corrected chi connectivity index (χ1v) is 5.54. The lowest BCUT2D eigenvalue weighted by atomic mass is 10.3. The third-order valence-electron chi connectivity index (χ3n) is 2.17. The van der Waals surface area contributed by atoms with Crippen molar-refractivity contribution < 1.29 is 27.2 Å². The molecule has 0 heterocycles. The summed E-state index contributed by atoms with van der Waals surface area (Å²) in [6, 6.07) is 6.11. The zero-order chi connectivity index (χ0) is 16.5. The van der Waals surface area contributed by atoms with E-state index >= 15 is 0 Å². The predicted octanol–water partition coefficient (Wildman–Crippen LogP) is 3.86. The molecule has 112 valence electrons. The zero-order valence-electron chi connectivity index (χ0n) is 10.7. The second-order valence-corrected chi connectivity index (χ2v) is 3.57. The van der Waals surface area contributed by atoms with Gasteiger partial charge in [-0.3, -0.25) is 0 Å². The third kappa shape index (κ3) is 4.79. The number of isocyanates is 2. The van der Waals surface area contributed by atoms with Crippen LogP contribution in [0.4, 0.5) is 28.9 Å². The Morgan fingerprint density at radius 3 is 1.82 bits per heavy atom. The van der Waals surface area contributed by atoms with Crippen LogP contribution in [0.25, 0.3) is 0 Å². The molecule has 0 unspecified atom stereocenters. The summed E-state index contributed by atoms with van der Waals surface area (Å²) >= 11 is 0. The van der Waals surface area contributed by atoms with Gasteiger partial charge in [-0.2, -0.15) is 9.98 Å². The quantitative estimate of drug-likeness (QED) is 0.480. The minimum absolute atomic E-state index is 0.0545. The Bertz CT molecular complexity index is 747. The van der Waals surface area contributed by atoms with Crippen molar-refractivity contribution in [2.24, 2.45) is 9.98 Å². The van der Waals surface area contributed by atoms with Gasteiger partial charge < -0.3 is 0 Å². The number of nitrogens with zero attached hydrogens (tertiary/aromatic N) is 2. The number of aliphatic imine (C=N–C) groups is 2. The molecule has 8 heteroatoms. The number of carbonyl (C=O) groups excluding carboxylic acids is 2. The lowest BCUT2D eigenvalue weighted by Gasteiger charge is -1.93. The predicted molar refractivity (Wildman–Crippen MR) is 68.3 cm³/mol. The Balaban J connectivity index is 0.000000220. The maximum Gasteiger partial charge on any atom is 0.240 e. The van der Waals surface area contributed by atoms with Crippen LogP contribution >= 0.6 is 0 Å². The molecular formula is C14H6F4N2O2. The first-order valence-electron chi connectivity index (χ1n) is 5.54. The van der Waals surface area contributed by atoms with Crippen LogP contribution in [-0.2, 0) is 9.59 Å². The number of rotatable bonds is 2. The SMILES string of the molecule is O=C=Nc1c(F)cccc1F.O=C=Nc1ccc(F)c(F)c1. The Labute approximate surface area is 121 Å². The molecule has 0 fully saturated rings. The van der Waals surface area contributed by atoms with Crippen LogP contribution in [-0.4, -0.2) is 12.2 Å². The van der Waals surface area contributed by atoms with Gasteiger partial charge in [0.05, 0.1) is 5.69 Å². The summed E-state index contributed by atoms with van der Waals surface area (Å²) in [5.74, 6) is -3.72. The lowest BCUT2D eigenvalue weighted by molar-refractivity contribution is 0.509. The second-order valence-electron chi connectivity index (χ2n) is 3.57. The van der Waals surface area contributed by atoms with Gasteiger partial charge in [-0.1, -0.05) is 6.07 Å². The molecule has 0 amide bonds. The molecule has 0 bridgehead atoms. The molecule has 0 aliphatic rings. The average molecular weight is 310 g/mol. The second kappa shape index (κ2) is 8.26. The molecule has 0 atom stereocenters. The highest BCUT2D eigenvalue weighted by atomic mass is 19.2. The van der Waals surface area contributed by atoms with Crippen LogP contribution in [0.3, 0.4) is 0 Å². The summed E-state index contributed by atoms with van der Waals surface area (Å²) in [6.45, 7) is 0. The summed E-state index contributed by atoms with van der Waals surface area (Å²) in [5, 5.41) is 0. The van der Waals surface area contributed by atoms with Crippen molar-refractivity contribution in [2.45, 2.75) is 0 Å². The van der Waals surface area contributed by atoms with Gasteiger partial charge in [0.1, 0.15) is 5.69 Å². The summed E-state index contributed by atoms with van der Waals surface area (Å²) < 4.78 is 49.6. The highest BCUT2D eigenvalue weighted by Crippen LogP contribution is 2.20. The fourth-order valence-corrected chi connectivity index (χ4v) is 1.25. The number of hydrogen-bond acceptors (Lipinski definition) is 4. The van der Waals surface area contributed by atoms with Crippen molar-refractivity contribution in [3.63, 3.8) is 0 Å². The van der Waals surface area contributed by atoms with Gasteiger partial charge in [-0.25, -0.2) is 27.2 Å². The van der Waals surface area contributed by atoms with Crippen LogP contribution in [0.2, 0.25) is 0 Å². The number of para-hydroxylation sites is 1. The highest BCUT2D eigenvalue weighted by Gasteiger charge is 2.05. The molecule has 0 spiro atoms. The molecular weight excluding hydrogens is 304 g/mol. The van der Waals surface area contributed by atoms with E-state index in [0.29, 0.717) is 0 Å². The maximum absolute atomic E-state index is 12.5. The fraction of sp³-hybridized carbons (Fsp3) is 0. The van der Waals surface area contributed by atoms with Gasteiger partial charge in [-0.15, -0.1) is 0 Å². The number of halogens is 4. The zero-order valence-corrected chi connectivity index (χ0v) is 10.7. The number of hydrogen-bond donors (Lipinski definition) is 0. The third-order valence-corrected chi connectivity index (χ3v) is 2.17. The van der Waals surface area contributed by atoms with Crippen LogP contribution < -0.4 is 0 Å². The molecule has 22 heavy (non-hydrogen) atoms. The molecule has 0 aromatic heterocycles. The van der Waals surface area contributed by atoms with E-state index in [9.17, 15) is 27.2 Å². The summed E-state index contributed by atoms with van der Waals surface area (Å²) in [5.41, 5.74) is -0.540. The van der Waals surface area contributed by atoms with Gasteiger partial charge in [0.15, 0.2) is 23.3 Å². The molecule has 2 aromatic carbocycles. The smallest absolute Gasteiger partial charge is 0.211 e. The van der Waals surface area contributed by atoms with Crippen molar-refractivity contribution in [2.75, 3.05) is 0 Å². The molecule has 2 rings (SSSR count). The minimum Gasteiger partial charge on any atom is -0.211 e. The molecule has 0 saturated heterocycles. The van der Waals surface area contributed by atoms with Gasteiger partial charge in [0.25, 0.3) is 0 Å². The van der Waals surface area contributed by atoms with E-state index < -0.39 is 29.0 Å². The molecule has 0 aliphatic carbocycles. The normalized spacial score (nSPS) is 8.91. The topological polar surface area (TPSA) is 58.9 Å². The molecule has 4 nitrogen and oxygen atoms in total. The van der Waals surface area contributed by atoms with Crippen molar-refractivity contribution >= 4 is 23.5 Å². The Morgan fingerprint density at radius 1 is 0.727 bits per heavy atom. The van der Waals surface area contributed by atoms with E-state index in [1.807, 2.05) is 0 Å². The van der Waals surface area contributed by atoms with Crippen molar-refractivity contribution in [1.29, 1.82) is 0 Å². The van der Waals surface area contributed by atoms with Crippen molar-refractivity contribution in [3.8, 4) is 0 Å². The van der Waals surface area contributed by atoms with E-state index in [0.717, 1.165) is 30.3 Å². The summed E-state index contributed by atoms with van der Waals surface area (Å²) in [4.78, 5) is 25.3. The number of benzene rings is 2. The Hall–Kier alpha value is -3.08. The first kappa shape index (κ1) is 17.0. The van der Waals surface area contributed by atoms with E-state index in [-0.39, 0.29) is 5.69 Å². The monoisotopic (exact) mass is 310 g/mol. The molecule has 0 radical (unpaired) electrons. The summed E-state index contributed by atoms with van der Waals surface area (Å²) in [6.07, 6.45) is 2.28. The molecule has 0 saturated carbocycles. The molecule has 0 N–H and O–H groups in total. The molecule has 2 aromatic rings. The van der Waals surface area contributed by atoms with E-state index in [1.54, 1.807) is 0 Å². The minimum atomic E-state index is -1.03. The highest BCUT2D eigenvalue weighted by molar-refractivity contribution is 5.50. The first-order chi connectivity index (χ1) is 10.5. The van der Waals surface area contributed by atoms with E-state index in [2.05, 4.69) is 9.98 Å². The van der Waals surface area contributed by atoms with Gasteiger partial charge >= 0.3 is 0 Å². The fourth-order valence-electron chi connectivity index (χ4n) is 1.25. The van der Waals surface area contributed by atoms with Gasteiger partial charge in [-0.05, 0) is 24.3 Å². The van der Waals surface area contributed by atoms with Crippen molar-refractivity contribution in [1.82, 2.24) is 0 Å². The van der Waals surface area contributed by atoms with Gasteiger partial charge in [0, 0.05) is 6.07 Å². The van der Waals surface area contributed by atoms with Gasteiger partial charge in [0.2, 0.25) is 12.2 Å². The standard InChI is InChI=1S/2C7H3F2NO/c8-6-2-1-5(10-4-11)3-7(6)9;8-5-2-1-3-6(9)7(5)10-4-11/h2*1-3H. The van der Waals surface area contributed by atoms with Crippen LogP contribution in [0.15, 0.2) is 46.4 Å². The largest absolute Gasteiger partial charge is 0.240 e. The Morgan fingerprint density at radius 2 is 1.32 bits per heavy atom. The van der Waals surface area contributed by atoms with E-state index in [4.69, 9.17) is 0 Å². The molecule has 0 aliphatic heterocycles. The van der Waals surface area contributed by atoms with Crippen LogP contribution in [0.5, 0.6) is 0 Å². The summed E-state index contributed by atoms with van der Waals surface area (Å²) in [7, 11) is 0. The average Bonchev–Trinajstić information content (AvgIpc) is 2.48. The lowest BCUT2D eigenvalue weighted by Crippen LogP contribution is -1.80.